The highest BCUT2D eigenvalue weighted by molar-refractivity contribution is 5.91. The van der Waals surface area contributed by atoms with Gasteiger partial charge in [0.15, 0.2) is 5.76 Å². The third-order valence-electron chi connectivity index (χ3n) is 4.09. The van der Waals surface area contributed by atoms with Crippen molar-refractivity contribution in [2.24, 2.45) is 0 Å². The second-order valence-corrected chi connectivity index (χ2v) is 5.93. The second-order valence-electron chi connectivity index (χ2n) is 5.93. The van der Waals surface area contributed by atoms with Crippen LogP contribution in [0, 0.1) is 24.6 Å². The lowest BCUT2D eigenvalue weighted by atomic mass is 10.0. The van der Waals surface area contributed by atoms with E-state index in [-0.39, 0.29) is 5.82 Å². The number of aryl methyl sites for hydroxylation is 1. The molecule has 1 heterocycles. The van der Waals surface area contributed by atoms with E-state index in [2.05, 4.69) is 30.9 Å². The lowest BCUT2D eigenvalue weighted by Gasteiger charge is -1.99. The Labute approximate surface area is 145 Å². The molecule has 4 rings (SSSR count). The van der Waals surface area contributed by atoms with Crippen LogP contribution in [0.4, 0.5) is 4.39 Å². The first-order valence-electron chi connectivity index (χ1n) is 8.07. The monoisotopic (exact) mass is 326 g/mol. The summed E-state index contributed by atoms with van der Waals surface area (Å²) in [6.07, 6.45) is 0. The maximum Gasteiger partial charge on any atom is 0.151 e. The quantitative estimate of drug-likeness (QED) is 0.394. The van der Waals surface area contributed by atoms with Gasteiger partial charge in [0.25, 0.3) is 0 Å². The van der Waals surface area contributed by atoms with Crippen molar-refractivity contribution < 1.29 is 8.81 Å². The van der Waals surface area contributed by atoms with Gasteiger partial charge in [0.05, 0.1) is 5.56 Å². The molecule has 2 heteroatoms. The Morgan fingerprint density at radius 3 is 2.28 bits per heavy atom. The molecule has 3 aromatic carbocycles. The molecule has 120 valence electrons. The van der Waals surface area contributed by atoms with E-state index in [4.69, 9.17) is 4.42 Å². The van der Waals surface area contributed by atoms with Crippen molar-refractivity contribution in [1.29, 1.82) is 0 Å². The van der Waals surface area contributed by atoms with E-state index in [1.807, 2.05) is 36.4 Å². The molecule has 0 saturated heterocycles. The predicted molar refractivity (Wildman–Crippen MR) is 98.8 cm³/mol. The Hall–Kier alpha value is -3.31. The number of rotatable bonds is 1. The lowest BCUT2D eigenvalue weighted by molar-refractivity contribution is 0.627. The van der Waals surface area contributed by atoms with Gasteiger partial charge in [-0.1, -0.05) is 53.8 Å². The largest absolute Gasteiger partial charge is 0.455 e. The van der Waals surface area contributed by atoms with Gasteiger partial charge in [-0.15, -0.1) is 0 Å². The number of hydrogen-bond donors (Lipinski definition) is 0. The first kappa shape index (κ1) is 15.2. The molecular formula is C23H15FO. The van der Waals surface area contributed by atoms with E-state index < -0.39 is 0 Å². The smallest absolute Gasteiger partial charge is 0.151 e. The van der Waals surface area contributed by atoms with Crippen LogP contribution in [0.1, 0.15) is 16.7 Å². The molecule has 0 bridgehead atoms. The number of hydrogen-bond acceptors (Lipinski definition) is 1. The lowest BCUT2D eigenvalue weighted by Crippen LogP contribution is -1.81. The normalized spacial score (nSPS) is 10.5. The first-order chi connectivity index (χ1) is 12.2. The van der Waals surface area contributed by atoms with Crippen LogP contribution in [-0.4, -0.2) is 0 Å². The third-order valence-corrected chi connectivity index (χ3v) is 4.09. The van der Waals surface area contributed by atoms with Gasteiger partial charge in [-0.05, 0) is 43.3 Å². The van der Waals surface area contributed by atoms with Gasteiger partial charge in [0.1, 0.15) is 11.4 Å². The number of para-hydroxylation sites is 1. The molecule has 0 aliphatic carbocycles. The second kappa shape index (κ2) is 6.30. The fourth-order valence-electron chi connectivity index (χ4n) is 2.75. The van der Waals surface area contributed by atoms with Crippen molar-refractivity contribution in [2.75, 3.05) is 0 Å². The molecule has 0 aliphatic heterocycles. The van der Waals surface area contributed by atoms with E-state index in [9.17, 15) is 4.39 Å². The summed E-state index contributed by atoms with van der Waals surface area (Å²) in [5.41, 5.74) is 4.61. The van der Waals surface area contributed by atoms with Crippen molar-refractivity contribution >= 4 is 11.0 Å². The molecule has 0 unspecified atom stereocenters. The molecular weight excluding hydrogens is 311 g/mol. The number of halogens is 1. The highest BCUT2D eigenvalue weighted by atomic mass is 19.1. The van der Waals surface area contributed by atoms with Gasteiger partial charge < -0.3 is 4.42 Å². The van der Waals surface area contributed by atoms with Gasteiger partial charge in [0.2, 0.25) is 0 Å². The fourth-order valence-corrected chi connectivity index (χ4v) is 2.75. The molecule has 4 aromatic rings. The first-order valence-corrected chi connectivity index (χ1v) is 8.07. The molecule has 0 saturated carbocycles. The van der Waals surface area contributed by atoms with Gasteiger partial charge >= 0.3 is 0 Å². The predicted octanol–water partition coefficient (Wildman–Crippen LogP) is 5.95. The van der Waals surface area contributed by atoms with Gasteiger partial charge in [0, 0.05) is 16.5 Å². The van der Waals surface area contributed by atoms with E-state index in [0.717, 1.165) is 33.4 Å². The molecule has 0 atom stereocenters. The number of benzene rings is 3. The van der Waals surface area contributed by atoms with Gasteiger partial charge in [-0.2, -0.15) is 0 Å². The summed E-state index contributed by atoms with van der Waals surface area (Å²) in [5.74, 6) is 6.83. The van der Waals surface area contributed by atoms with Gasteiger partial charge in [-0.3, -0.25) is 0 Å². The molecule has 1 nitrogen and oxygen atoms in total. The van der Waals surface area contributed by atoms with Crippen LogP contribution in [0.25, 0.3) is 22.3 Å². The molecule has 0 aliphatic rings. The van der Waals surface area contributed by atoms with Crippen LogP contribution >= 0.6 is 0 Å². The summed E-state index contributed by atoms with van der Waals surface area (Å²) in [6.45, 7) is 2.05. The minimum absolute atomic E-state index is 0.264. The average molecular weight is 326 g/mol. The average Bonchev–Trinajstić information content (AvgIpc) is 3.00. The Morgan fingerprint density at radius 2 is 1.52 bits per heavy atom. The Balaban J connectivity index is 1.88. The molecule has 0 fully saturated rings. The highest BCUT2D eigenvalue weighted by Crippen LogP contribution is 2.33. The van der Waals surface area contributed by atoms with Crippen molar-refractivity contribution in [3.05, 3.63) is 95.3 Å². The summed E-state index contributed by atoms with van der Waals surface area (Å²) in [7, 11) is 0. The Morgan fingerprint density at radius 1 is 0.800 bits per heavy atom. The standard InChI is InChI=1S/C23H15FO/c1-16-6-11-18(12-7-16)23-21(20-4-2-3-5-22(20)25-23)15-10-17-8-13-19(24)14-9-17/h2-9,11-14H,1H3. The summed E-state index contributed by atoms with van der Waals surface area (Å²) in [4.78, 5) is 0. The Kier molecular flexibility index (Phi) is 3.84. The van der Waals surface area contributed by atoms with E-state index in [1.54, 1.807) is 12.1 Å². The van der Waals surface area contributed by atoms with Gasteiger partial charge in [-0.25, -0.2) is 4.39 Å². The Bertz CT molecular complexity index is 1090. The highest BCUT2D eigenvalue weighted by Gasteiger charge is 2.13. The number of fused-ring (bicyclic) bond motifs is 1. The zero-order valence-corrected chi connectivity index (χ0v) is 13.7. The summed E-state index contributed by atoms with van der Waals surface area (Å²) in [5, 5.41) is 0.979. The van der Waals surface area contributed by atoms with Crippen molar-refractivity contribution in [3.63, 3.8) is 0 Å². The topological polar surface area (TPSA) is 13.1 Å². The van der Waals surface area contributed by atoms with Crippen molar-refractivity contribution in [3.8, 4) is 23.2 Å². The summed E-state index contributed by atoms with van der Waals surface area (Å²) in [6, 6.07) is 22.2. The molecule has 1 aromatic heterocycles. The molecule has 0 spiro atoms. The van der Waals surface area contributed by atoms with Crippen LogP contribution in [0.2, 0.25) is 0 Å². The zero-order valence-electron chi connectivity index (χ0n) is 13.7. The van der Waals surface area contributed by atoms with Crippen molar-refractivity contribution in [1.82, 2.24) is 0 Å². The fraction of sp³-hybridized carbons (Fsp3) is 0.0435. The maximum atomic E-state index is 13.1. The van der Waals surface area contributed by atoms with Crippen LogP contribution in [0.3, 0.4) is 0 Å². The zero-order chi connectivity index (χ0) is 17.2. The summed E-state index contributed by atoms with van der Waals surface area (Å²) >= 11 is 0. The van der Waals surface area contributed by atoms with E-state index in [1.165, 1.54) is 17.7 Å². The molecule has 25 heavy (non-hydrogen) atoms. The van der Waals surface area contributed by atoms with Crippen molar-refractivity contribution in [2.45, 2.75) is 6.92 Å². The molecule has 0 radical (unpaired) electrons. The maximum absolute atomic E-state index is 13.1. The minimum Gasteiger partial charge on any atom is -0.455 e. The minimum atomic E-state index is -0.264. The van der Waals surface area contributed by atoms with Crippen LogP contribution in [-0.2, 0) is 0 Å². The molecule has 0 amide bonds. The molecule has 0 N–H and O–H groups in total. The summed E-state index contributed by atoms with van der Waals surface area (Å²) < 4.78 is 19.1. The van der Waals surface area contributed by atoms with Crippen LogP contribution < -0.4 is 0 Å². The number of furan rings is 1. The van der Waals surface area contributed by atoms with E-state index in [0.29, 0.717) is 0 Å². The van der Waals surface area contributed by atoms with Crippen LogP contribution in [0.5, 0.6) is 0 Å². The SMILES string of the molecule is Cc1ccc(-c2oc3ccccc3c2C#Cc2ccc(F)cc2)cc1. The third kappa shape index (κ3) is 3.05. The van der Waals surface area contributed by atoms with Crippen LogP contribution in [0.15, 0.2) is 77.2 Å². The van der Waals surface area contributed by atoms with E-state index >= 15 is 0 Å².